The van der Waals surface area contributed by atoms with E-state index in [9.17, 15) is 10.1 Å². The molecule has 0 saturated heterocycles. The topological polar surface area (TPSA) is 78.9 Å². The molecule has 0 fully saturated rings. The highest BCUT2D eigenvalue weighted by molar-refractivity contribution is 7.15. The molecule has 2 aromatic carbocycles. The summed E-state index contributed by atoms with van der Waals surface area (Å²) < 4.78 is 5.75. The third kappa shape index (κ3) is 5.27. The van der Waals surface area contributed by atoms with Crippen molar-refractivity contribution in [3.8, 4) is 17.4 Å². The van der Waals surface area contributed by atoms with Crippen LogP contribution in [0, 0.1) is 11.3 Å². The number of nitrogens with zero attached hydrogens (tertiary/aromatic N) is 2. The van der Waals surface area contributed by atoms with Crippen LogP contribution >= 0.6 is 34.5 Å². The van der Waals surface area contributed by atoms with Gasteiger partial charge in [-0.15, -0.1) is 11.3 Å². The number of amides is 1. The molecule has 32 heavy (non-hydrogen) atoms. The Morgan fingerprint density at radius 1 is 1.16 bits per heavy atom. The van der Waals surface area contributed by atoms with Crippen molar-refractivity contribution in [3.05, 3.63) is 98.7 Å². The summed E-state index contributed by atoms with van der Waals surface area (Å²) in [4.78, 5) is 17.8. The van der Waals surface area contributed by atoms with Crippen LogP contribution in [0.1, 0.15) is 16.2 Å². The molecule has 2 aromatic heterocycles. The summed E-state index contributed by atoms with van der Waals surface area (Å²) in [5, 5.41) is 13.7. The van der Waals surface area contributed by atoms with Crippen LogP contribution in [0.2, 0.25) is 10.0 Å². The summed E-state index contributed by atoms with van der Waals surface area (Å²) in [6, 6.07) is 20.1. The minimum Gasteiger partial charge on any atom is -0.457 e. The van der Waals surface area contributed by atoms with E-state index in [1.54, 1.807) is 24.4 Å². The zero-order chi connectivity index (χ0) is 22.5. The number of carbonyl (C=O) groups excluding carboxylic acids is 1. The summed E-state index contributed by atoms with van der Waals surface area (Å²) in [5.41, 5.74) is 1.67. The number of benzene rings is 2. The first-order valence-corrected chi connectivity index (χ1v) is 11.1. The van der Waals surface area contributed by atoms with Gasteiger partial charge < -0.3 is 4.42 Å². The molecule has 0 radical (unpaired) electrons. The molecule has 0 aliphatic heterocycles. The normalized spacial score (nSPS) is 11.2. The predicted octanol–water partition coefficient (Wildman–Crippen LogP) is 6.85. The van der Waals surface area contributed by atoms with Crippen LogP contribution in [0.5, 0.6) is 0 Å². The van der Waals surface area contributed by atoms with E-state index in [0.717, 1.165) is 16.0 Å². The van der Waals surface area contributed by atoms with Crippen LogP contribution < -0.4 is 5.32 Å². The van der Waals surface area contributed by atoms with E-state index in [-0.39, 0.29) is 5.57 Å². The monoisotopic (exact) mass is 479 g/mol. The molecule has 1 N–H and O–H groups in total. The highest BCUT2D eigenvalue weighted by Crippen LogP contribution is 2.30. The van der Waals surface area contributed by atoms with Gasteiger partial charge in [0.25, 0.3) is 5.91 Å². The molecule has 2 heterocycles. The number of halogens is 2. The van der Waals surface area contributed by atoms with Gasteiger partial charge in [0.05, 0.1) is 5.02 Å². The van der Waals surface area contributed by atoms with Crippen molar-refractivity contribution in [1.29, 1.82) is 5.26 Å². The maximum atomic E-state index is 12.6. The lowest BCUT2D eigenvalue weighted by Gasteiger charge is -2.00. The summed E-state index contributed by atoms with van der Waals surface area (Å²) in [6.45, 7) is 0. The first kappa shape index (κ1) is 21.8. The molecular weight excluding hydrogens is 465 g/mol. The van der Waals surface area contributed by atoms with Crippen molar-refractivity contribution < 1.29 is 9.21 Å². The second kappa shape index (κ2) is 9.84. The maximum Gasteiger partial charge on any atom is 0.268 e. The Hall–Kier alpha value is -3.37. The van der Waals surface area contributed by atoms with Gasteiger partial charge in [0.15, 0.2) is 5.13 Å². The Labute approximate surface area is 198 Å². The lowest BCUT2D eigenvalue weighted by Crippen LogP contribution is -2.13. The largest absolute Gasteiger partial charge is 0.457 e. The number of nitrogens with one attached hydrogen (secondary N) is 1. The number of thiazole rings is 1. The molecule has 8 heteroatoms. The van der Waals surface area contributed by atoms with Gasteiger partial charge in [-0.25, -0.2) is 4.98 Å². The second-order valence-corrected chi connectivity index (χ2v) is 8.70. The predicted molar refractivity (Wildman–Crippen MR) is 128 cm³/mol. The Kier molecular flexibility index (Phi) is 6.72. The van der Waals surface area contributed by atoms with Crippen LogP contribution in [-0.2, 0) is 11.2 Å². The third-order valence-electron chi connectivity index (χ3n) is 4.46. The quantitative estimate of drug-likeness (QED) is 0.242. The third-order valence-corrected chi connectivity index (χ3v) is 5.94. The molecule has 4 aromatic rings. The fourth-order valence-corrected chi connectivity index (χ4v) is 4.27. The molecule has 0 saturated carbocycles. The molecular formula is C24H15Cl2N3O2S. The second-order valence-electron chi connectivity index (χ2n) is 6.74. The number of nitriles is 1. The molecule has 0 aliphatic rings. The standard InChI is InChI=1S/C24H15Cl2N3O2S/c25-17-5-3-4-15(10-17)11-19-14-28-24(32-19)29-23(30)16(13-27)12-18-8-9-22(31-18)20-6-1-2-7-21(20)26/h1-10,12,14H,11H2,(H,28,29,30)/b16-12+. The van der Waals surface area contributed by atoms with Crippen molar-refractivity contribution in [2.45, 2.75) is 6.42 Å². The number of rotatable bonds is 6. The van der Waals surface area contributed by atoms with Crippen molar-refractivity contribution in [3.63, 3.8) is 0 Å². The summed E-state index contributed by atoms with van der Waals surface area (Å²) in [6.07, 6.45) is 3.72. The van der Waals surface area contributed by atoms with E-state index < -0.39 is 5.91 Å². The Morgan fingerprint density at radius 2 is 2.00 bits per heavy atom. The van der Waals surface area contributed by atoms with E-state index in [1.165, 1.54) is 17.4 Å². The molecule has 4 rings (SSSR count). The van der Waals surface area contributed by atoms with Crippen LogP contribution in [-0.4, -0.2) is 10.9 Å². The molecule has 158 valence electrons. The number of hydrogen-bond acceptors (Lipinski definition) is 5. The smallest absolute Gasteiger partial charge is 0.268 e. The van der Waals surface area contributed by atoms with E-state index in [1.807, 2.05) is 48.5 Å². The SMILES string of the molecule is N#C/C(=C\c1ccc(-c2ccccc2Cl)o1)C(=O)Nc1ncc(Cc2cccc(Cl)c2)s1. The summed E-state index contributed by atoms with van der Waals surface area (Å²) in [5.74, 6) is 0.351. The lowest BCUT2D eigenvalue weighted by molar-refractivity contribution is -0.112. The zero-order valence-electron chi connectivity index (χ0n) is 16.5. The van der Waals surface area contributed by atoms with Gasteiger partial charge in [0, 0.05) is 34.2 Å². The fourth-order valence-electron chi connectivity index (χ4n) is 2.99. The van der Waals surface area contributed by atoms with E-state index >= 15 is 0 Å². The van der Waals surface area contributed by atoms with E-state index in [4.69, 9.17) is 27.6 Å². The van der Waals surface area contributed by atoms with E-state index in [2.05, 4.69) is 10.3 Å². The first-order chi connectivity index (χ1) is 15.5. The van der Waals surface area contributed by atoms with Gasteiger partial charge in [0.1, 0.15) is 23.2 Å². The van der Waals surface area contributed by atoms with Gasteiger partial charge >= 0.3 is 0 Å². The number of aromatic nitrogens is 1. The van der Waals surface area contributed by atoms with Crippen LogP contribution in [0.3, 0.4) is 0 Å². The number of carbonyl (C=O) groups is 1. The zero-order valence-corrected chi connectivity index (χ0v) is 18.8. The molecule has 0 unspecified atom stereocenters. The molecule has 0 spiro atoms. The number of anilines is 1. The van der Waals surface area contributed by atoms with Crippen molar-refractivity contribution in [2.75, 3.05) is 5.32 Å². The minimum absolute atomic E-state index is 0.100. The van der Waals surface area contributed by atoms with Crippen LogP contribution in [0.4, 0.5) is 5.13 Å². The van der Waals surface area contributed by atoms with Crippen molar-refractivity contribution in [1.82, 2.24) is 4.98 Å². The highest BCUT2D eigenvalue weighted by atomic mass is 35.5. The van der Waals surface area contributed by atoms with Crippen LogP contribution in [0.25, 0.3) is 17.4 Å². The molecule has 0 aliphatic carbocycles. The Bertz CT molecular complexity index is 1350. The highest BCUT2D eigenvalue weighted by Gasteiger charge is 2.14. The number of hydrogen-bond donors (Lipinski definition) is 1. The average Bonchev–Trinajstić information content (AvgIpc) is 3.42. The van der Waals surface area contributed by atoms with Gasteiger partial charge in [-0.3, -0.25) is 10.1 Å². The van der Waals surface area contributed by atoms with Gasteiger partial charge in [0.2, 0.25) is 0 Å². The first-order valence-electron chi connectivity index (χ1n) is 9.49. The molecule has 0 bridgehead atoms. The Morgan fingerprint density at radius 3 is 2.78 bits per heavy atom. The summed E-state index contributed by atoms with van der Waals surface area (Å²) >= 11 is 13.6. The van der Waals surface area contributed by atoms with Crippen molar-refractivity contribution >= 4 is 51.7 Å². The minimum atomic E-state index is -0.563. The van der Waals surface area contributed by atoms with Gasteiger partial charge in [-0.2, -0.15) is 5.26 Å². The Balaban J connectivity index is 1.46. The van der Waals surface area contributed by atoms with Gasteiger partial charge in [-0.05, 0) is 42.0 Å². The average molecular weight is 480 g/mol. The maximum absolute atomic E-state index is 12.6. The molecule has 0 atom stereocenters. The van der Waals surface area contributed by atoms with Gasteiger partial charge in [-0.1, -0.05) is 47.5 Å². The fraction of sp³-hybridized carbons (Fsp3) is 0.0417. The summed E-state index contributed by atoms with van der Waals surface area (Å²) in [7, 11) is 0. The molecule has 5 nitrogen and oxygen atoms in total. The number of furan rings is 1. The van der Waals surface area contributed by atoms with Crippen LogP contribution in [0.15, 0.2) is 76.9 Å². The van der Waals surface area contributed by atoms with Crippen molar-refractivity contribution in [2.24, 2.45) is 0 Å². The van der Waals surface area contributed by atoms with E-state index in [0.29, 0.717) is 33.1 Å². The molecule has 1 amide bonds. The lowest BCUT2D eigenvalue weighted by atomic mass is 10.1.